The number of likely N-dealkylation sites (N-methyl/N-ethyl adjacent to an activating group) is 1. The summed E-state index contributed by atoms with van der Waals surface area (Å²) in [6, 6.07) is 5.79. The van der Waals surface area contributed by atoms with Gasteiger partial charge < -0.3 is 0 Å². The van der Waals surface area contributed by atoms with Crippen LogP contribution in [0.5, 0.6) is 0 Å². The molecule has 0 radical (unpaired) electrons. The first-order valence-electron chi connectivity index (χ1n) is 5.18. The number of carbonyl (C=O) groups excluding carboxylic acids is 1. The van der Waals surface area contributed by atoms with Crippen molar-refractivity contribution in [3.63, 3.8) is 0 Å². The number of Topliss-reactive ketones (excluding diaryl/α,β-unsaturated/α-hetero) is 1. The van der Waals surface area contributed by atoms with E-state index in [9.17, 15) is 4.79 Å². The molecule has 4 nitrogen and oxygen atoms in total. The Morgan fingerprint density at radius 3 is 2.81 bits per heavy atom. The van der Waals surface area contributed by atoms with Crippen molar-refractivity contribution in [2.75, 3.05) is 20.1 Å². The molecule has 0 amide bonds. The minimum absolute atomic E-state index is 0.000400. The summed E-state index contributed by atoms with van der Waals surface area (Å²) in [7, 11) is 1.89. The number of hydrogen-bond acceptors (Lipinski definition) is 4. The fraction of sp³-hybridized carbons (Fsp3) is 0.417. The van der Waals surface area contributed by atoms with Gasteiger partial charge in [0.25, 0.3) is 0 Å². The summed E-state index contributed by atoms with van der Waals surface area (Å²) in [5.74, 6) is -0.0280. The molecule has 0 spiro atoms. The lowest BCUT2D eigenvalue weighted by Crippen LogP contribution is -2.27. The van der Waals surface area contributed by atoms with E-state index in [0.717, 1.165) is 13.0 Å². The molecule has 0 N–H and O–H groups in total. The number of aromatic nitrogens is 1. The first-order chi connectivity index (χ1) is 7.72. The number of rotatable bonds is 6. The molecule has 0 saturated carbocycles. The molecule has 1 heterocycles. The van der Waals surface area contributed by atoms with E-state index in [1.807, 2.05) is 30.1 Å². The van der Waals surface area contributed by atoms with E-state index in [1.165, 1.54) is 5.56 Å². The van der Waals surface area contributed by atoms with Crippen LogP contribution in [-0.4, -0.2) is 35.8 Å². The quantitative estimate of drug-likeness (QED) is 0.714. The highest BCUT2D eigenvalue weighted by atomic mass is 16.1. The predicted octanol–water partition coefficient (Wildman–Crippen LogP) is 1.04. The van der Waals surface area contributed by atoms with Gasteiger partial charge in [-0.25, -0.2) is 0 Å². The van der Waals surface area contributed by atoms with Crippen LogP contribution >= 0.6 is 0 Å². The molecule has 1 aromatic heterocycles. The monoisotopic (exact) mass is 217 g/mol. The molecule has 0 atom stereocenters. The van der Waals surface area contributed by atoms with Crippen LogP contribution in [0.2, 0.25) is 0 Å². The molecule has 1 rings (SSSR count). The summed E-state index contributed by atoms with van der Waals surface area (Å²) < 4.78 is 0. The Kier molecular flexibility index (Phi) is 5.17. The van der Waals surface area contributed by atoms with E-state index < -0.39 is 0 Å². The van der Waals surface area contributed by atoms with Crippen molar-refractivity contribution in [1.82, 2.24) is 9.88 Å². The van der Waals surface area contributed by atoms with Crippen molar-refractivity contribution in [2.24, 2.45) is 0 Å². The van der Waals surface area contributed by atoms with Gasteiger partial charge >= 0.3 is 0 Å². The molecule has 0 aliphatic heterocycles. The van der Waals surface area contributed by atoms with Gasteiger partial charge in [0.2, 0.25) is 0 Å². The minimum Gasteiger partial charge on any atom is -0.299 e. The van der Waals surface area contributed by atoms with Gasteiger partial charge in [0.15, 0.2) is 5.78 Å². The van der Waals surface area contributed by atoms with Crippen LogP contribution in [0.15, 0.2) is 24.5 Å². The summed E-state index contributed by atoms with van der Waals surface area (Å²) in [4.78, 5) is 17.1. The largest absolute Gasteiger partial charge is 0.299 e. The van der Waals surface area contributed by atoms with Crippen LogP contribution < -0.4 is 0 Å². The van der Waals surface area contributed by atoms with Gasteiger partial charge in [-0.15, -0.1) is 0 Å². The standard InChI is InChI=1S/C12H15N3O/c1-15(10-12(16)2-6-13)9-5-11-3-7-14-8-4-11/h3-4,7-8H,2,5,9-10H2,1H3. The topological polar surface area (TPSA) is 57.0 Å². The molecule has 4 heteroatoms. The van der Waals surface area contributed by atoms with Crippen LogP contribution in [0.4, 0.5) is 0 Å². The number of carbonyl (C=O) groups is 1. The summed E-state index contributed by atoms with van der Waals surface area (Å²) >= 11 is 0. The van der Waals surface area contributed by atoms with Gasteiger partial charge in [-0.1, -0.05) is 0 Å². The Balaban J connectivity index is 2.28. The van der Waals surface area contributed by atoms with Crippen molar-refractivity contribution in [3.05, 3.63) is 30.1 Å². The average Bonchev–Trinajstić information content (AvgIpc) is 2.28. The van der Waals surface area contributed by atoms with E-state index in [-0.39, 0.29) is 12.2 Å². The van der Waals surface area contributed by atoms with Gasteiger partial charge in [-0.3, -0.25) is 14.7 Å². The van der Waals surface area contributed by atoms with Crippen LogP contribution in [0.1, 0.15) is 12.0 Å². The van der Waals surface area contributed by atoms with Crippen molar-refractivity contribution in [2.45, 2.75) is 12.8 Å². The maximum absolute atomic E-state index is 11.2. The Hall–Kier alpha value is -1.73. The number of nitriles is 1. The summed E-state index contributed by atoms with van der Waals surface area (Å²) in [6.07, 6.45) is 4.41. The molecule has 0 bridgehead atoms. The molecule has 0 aliphatic rings. The summed E-state index contributed by atoms with van der Waals surface area (Å²) in [5, 5.41) is 8.36. The van der Waals surface area contributed by atoms with Crippen molar-refractivity contribution in [1.29, 1.82) is 5.26 Å². The molecule has 1 aromatic rings. The lowest BCUT2D eigenvalue weighted by atomic mass is 10.2. The zero-order chi connectivity index (χ0) is 11.8. The number of hydrogen-bond donors (Lipinski definition) is 0. The van der Waals surface area contributed by atoms with Crippen LogP contribution in [0.3, 0.4) is 0 Å². The maximum atomic E-state index is 11.2. The zero-order valence-corrected chi connectivity index (χ0v) is 9.39. The SMILES string of the molecule is CN(CCc1ccncc1)CC(=O)CC#N. The van der Waals surface area contributed by atoms with E-state index in [1.54, 1.807) is 12.4 Å². The van der Waals surface area contributed by atoms with Gasteiger partial charge in [-0.2, -0.15) is 5.26 Å². The molecular weight excluding hydrogens is 202 g/mol. The molecule has 0 aliphatic carbocycles. The van der Waals surface area contributed by atoms with Gasteiger partial charge in [0.1, 0.15) is 0 Å². The van der Waals surface area contributed by atoms with Gasteiger partial charge in [-0.05, 0) is 31.2 Å². The summed E-state index contributed by atoms with van der Waals surface area (Å²) in [5.41, 5.74) is 1.20. The lowest BCUT2D eigenvalue weighted by Gasteiger charge is -2.14. The Labute approximate surface area is 95.5 Å². The number of ketones is 1. The van der Waals surface area contributed by atoms with E-state index in [4.69, 9.17) is 5.26 Å². The highest BCUT2D eigenvalue weighted by molar-refractivity contribution is 5.82. The number of pyridine rings is 1. The molecular formula is C12H15N3O. The highest BCUT2D eigenvalue weighted by Crippen LogP contribution is 1.99. The maximum Gasteiger partial charge on any atom is 0.160 e. The van der Waals surface area contributed by atoms with Crippen molar-refractivity contribution in [3.8, 4) is 6.07 Å². The Morgan fingerprint density at radius 2 is 2.19 bits per heavy atom. The second-order valence-corrected chi connectivity index (χ2v) is 3.72. The van der Waals surface area contributed by atoms with Crippen LogP contribution in [-0.2, 0) is 11.2 Å². The third kappa shape index (κ3) is 4.67. The highest BCUT2D eigenvalue weighted by Gasteiger charge is 2.05. The average molecular weight is 217 g/mol. The third-order valence-electron chi connectivity index (χ3n) is 2.25. The molecule has 16 heavy (non-hydrogen) atoms. The fourth-order valence-corrected chi connectivity index (χ4v) is 1.39. The second-order valence-electron chi connectivity index (χ2n) is 3.72. The molecule has 0 aromatic carbocycles. The second kappa shape index (κ2) is 6.70. The molecule has 0 unspecified atom stereocenters. The van der Waals surface area contributed by atoms with Crippen molar-refractivity contribution < 1.29 is 4.79 Å². The molecule has 84 valence electrons. The van der Waals surface area contributed by atoms with Crippen LogP contribution in [0.25, 0.3) is 0 Å². The minimum atomic E-state index is -0.0280. The molecule has 0 fully saturated rings. The van der Waals surface area contributed by atoms with Gasteiger partial charge in [0.05, 0.1) is 19.0 Å². The first kappa shape index (κ1) is 12.3. The Bertz CT molecular complexity index is 370. The normalized spacial score (nSPS) is 10.1. The van der Waals surface area contributed by atoms with Gasteiger partial charge in [0, 0.05) is 18.9 Å². The Morgan fingerprint density at radius 1 is 1.50 bits per heavy atom. The zero-order valence-electron chi connectivity index (χ0n) is 9.39. The number of nitrogens with zero attached hydrogens (tertiary/aromatic N) is 3. The van der Waals surface area contributed by atoms with Crippen LogP contribution in [0, 0.1) is 11.3 Å². The van der Waals surface area contributed by atoms with E-state index >= 15 is 0 Å². The first-order valence-corrected chi connectivity index (χ1v) is 5.18. The van der Waals surface area contributed by atoms with Crippen molar-refractivity contribution >= 4 is 5.78 Å². The third-order valence-corrected chi connectivity index (χ3v) is 2.25. The smallest absolute Gasteiger partial charge is 0.160 e. The summed E-state index contributed by atoms with van der Waals surface area (Å²) in [6.45, 7) is 1.15. The fourth-order valence-electron chi connectivity index (χ4n) is 1.39. The van der Waals surface area contributed by atoms with E-state index in [0.29, 0.717) is 6.54 Å². The molecule has 0 saturated heterocycles. The lowest BCUT2D eigenvalue weighted by molar-refractivity contribution is -0.118. The predicted molar refractivity (Wildman–Crippen MR) is 60.7 cm³/mol. The van der Waals surface area contributed by atoms with E-state index in [2.05, 4.69) is 4.98 Å².